The SMILES string of the molecule is [B]c1ccc2c(c1)c1c3c(c4ccccc4c1n2-c1cccc2ccccc12)C=CCC3. The Labute approximate surface area is 188 Å². The van der Waals surface area contributed by atoms with Gasteiger partial charge < -0.3 is 4.57 Å². The highest BCUT2D eigenvalue weighted by molar-refractivity contribution is 6.34. The van der Waals surface area contributed by atoms with Crippen LogP contribution in [0.2, 0.25) is 0 Å². The van der Waals surface area contributed by atoms with E-state index in [0.29, 0.717) is 0 Å². The quantitative estimate of drug-likeness (QED) is 0.264. The minimum Gasteiger partial charge on any atom is -0.308 e. The first-order valence-corrected chi connectivity index (χ1v) is 11.2. The Balaban J connectivity index is 1.81. The number of hydrogen-bond acceptors (Lipinski definition) is 0. The van der Waals surface area contributed by atoms with Crippen LogP contribution in [0, 0.1) is 0 Å². The van der Waals surface area contributed by atoms with Gasteiger partial charge in [-0.3, -0.25) is 0 Å². The number of benzene rings is 5. The number of rotatable bonds is 1. The third kappa shape index (κ3) is 2.35. The zero-order valence-electron chi connectivity index (χ0n) is 17.7. The van der Waals surface area contributed by atoms with Crippen LogP contribution in [0.15, 0.2) is 91.0 Å². The van der Waals surface area contributed by atoms with Crippen molar-refractivity contribution in [2.75, 3.05) is 0 Å². The fraction of sp³-hybridized carbons (Fsp3) is 0.0667. The van der Waals surface area contributed by atoms with E-state index in [1.807, 2.05) is 6.07 Å². The average molecular weight is 405 g/mol. The van der Waals surface area contributed by atoms with Crippen molar-refractivity contribution in [3.8, 4) is 5.69 Å². The van der Waals surface area contributed by atoms with Gasteiger partial charge in [-0.2, -0.15) is 0 Å². The van der Waals surface area contributed by atoms with Crippen LogP contribution < -0.4 is 5.46 Å². The number of hydrogen-bond donors (Lipinski definition) is 0. The lowest BCUT2D eigenvalue weighted by Gasteiger charge is -2.18. The van der Waals surface area contributed by atoms with Crippen molar-refractivity contribution >= 4 is 62.7 Å². The number of aryl methyl sites for hydroxylation is 1. The Morgan fingerprint density at radius 2 is 1.50 bits per heavy atom. The second kappa shape index (κ2) is 6.61. The van der Waals surface area contributed by atoms with Gasteiger partial charge >= 0.3 is 0 Å². The van der Waals surface area contributed by atoms with Crippen LogP contribution in [0.25, 0.3) is 55.1 Å². The lowest BCUT2D eigenvalue weighted by atomic mass is 9.87. The number of aromatic nitrogens is 1. The van der Waals surface area contributed by atoms with Gasteiger partial charge in [0.05, 0.1) is 16.7 Å². The van der Waals surface area contributed by atoms with Crippen LogP contribution in [0.5, 0.6) is 0 Å². The van der Waals surface area contributed by atoms with Crippen LogP contribution in [-0.4, -0.2) is 12.4 Å². The third-order valence-electron chi connectivity index (χ3n) is 6.94. The molecule has 0 atom stereocenters. The maximum absolute atomic E-state index is 6.32. The van der Waals surface area contributed by atoms with Gasteiger partial charge in [0.15, 0.2) is 0 Å². The van der Waals surface area contributed by atoms with E-state index in [1.54, 1.807) is 0 Å². The van der Waals surface area contributed by atoms with Crippen LogP contribution in [0.1, 0.15) is 17.5 Å². The van der Waals surface area contributed by atoms with E-state index in [2.05, 4.69) is 95.6 Å². The zero-order chi connectivity index (χ0) is 21.2. The average Bonchev–Trinajstić information content (AvgIpc) is 3.18. The molecule has 7 rings (SSSR count). The summed E-state index contributed by atoms with van der Waals surface area (Å²) in [5, 5.41) is 7.70. The molecule has 1 aromatic heterocycles. The summed E-state index contributed by atoms with van der Waals surface area (Å²) in [5.41, 5.74) is 7.31. The van der Waals surface area contributed by atoms with Crippen molar-refractivity contribution in [2.24, 2.45) is 0 Å². The summed E-state index contributed by atoms with van der Waals surface area (Å²) in [7, 11) is 6.32. The first-order valence-electron chi connectivity index (χ1n) is 11.2. The zero-order valence-corrected chi connectivity index (χ0v) is 17.7. The Bertz CT molecular complexity index is 1730. The van der Waals surface area contributed by atoms with Gasteiger partial charge in [0, 0.05) is 21.5 Å². The standard InChI is InChI=1S/C30H20BN/c31-20-16-17-28-26(18-20)29-24-13-5-3-11-22(24)23-12-4-6-14-25(23)30(29)32(28)27-15-7-9-19-8-1-2-10-21(19)27/h1-4,6-12,14-18H,5,13H2. The normalized spacial score (nSPS) is 13.4. The van der Waals surface area contributed by atoms with Crippen molar-refractivity contribution in [2.45, 2.75) is 12.8 Å². The largest absolute Gasteiger partial charge is 0.308 e. The minimum atomic E-state index is 0.808. The van der Waals surface area contributed by atoms with Gasteiger partial charge in [0.1, 0.15) is 7.85 Å². The van der Waals surface area contributed by atoms with Crippen molar-refractivity contribution < 1.29 is 0 Å². The first-order chi connectivity index (χ1) is 15.8. The van der Waals surface area contributed by atoms with Crippen molar-refractivity contribution in [3.05, 3.63) is 102 Å². The summed E-state index contributed by atoms with van der Waals surface area (Å²) in [6, 6.07) is 30.5. The maximum atomic E-state index is 6.32. The Kier molecular flexibility index (Phi) is 3.69. The van der Waals surface area contributed by atoms with E-state index in [4.69, 9.17) is 7.85 Å². The topological polar surface area (TPSA) is 4.93 Å². The molecule has 1 aliphatic rings. The molecule has 0 unspecified atom stereocenters. The molecule has 0 bridgehead atoms. The highest BCUT2D eigenvalue weighted by Crippen LogP contribution is 2.43. The molecule has 0 N–H and O–H groups in total. The summed E-state index contributed by atoms with van der Waals surface area (Å²) < 4.78 is 2.47. The van der Waals surface area contributed by atoms with Gasteiger partial charge in [-0.05, 0) is 46.9 Å². The molecule has 32 heavy (non-hydrogen) atoms. The molecule has 2 heteroatoms. The molecule has 6 aromatic rings. The van der Waals surface area contributed by atoms with Crippen molar-refractivity contribution in [1.29, 1.82) is 0 Å². The van der Waals surface area contributed by atoms with Crippen molar-refractivity contribution in [3.63, 3.8) is 0 Å². The van der Waals surface area contributed by atoms with E-state index >= 15 is 0 Å². The van der Waals surface area contributed by atoms with Crippen LogP contribution in [-0.2, 0) is 6.42 Å². The highest BCUT2D eigenvalue weighted by Gasteiger charge is 2.22. The van der Waals surface area contributed by atoms with Crippen LogP contribution >= 0.6 is 0 Å². The number of fused-ring (bicyclic) bond motifs is 9. The fourth-order valence-corrected chi connectivity index (χ4v) is 5.62. The second-order valence-corrected chi connectivity index (χ2v) is 8.71. The molecule has 0 amide bonds. The molecule has 2 radical (unpaired) electrons. The van der Waals surface area contributed by atoms with Gasteiger partial charge in [0.25, 0.3) is 0 Å². The summed E-state index contributed by atoms with van der Waals surface area (Å²) >= 11 is 0. The summed E-state index contributed by atoms with van der Waals surface area (Å²) in [5.74, 6) is 0. The molecule has 1 nitrogen and oxygen atoms in total. The highest BCUT2D eigenvalue weighted by atomic mass is 15.0. The summed E-state index contributed by atoms with van der Waals surface area (Å²) in [6.07, 6.45) is 6.74. The second-order valence-electron chi connectivity index (χ2n) is 8.71. The molecular formula is C30H20BN. The van der Waals surface area contributed by atoms with Crippen molar-refractivity contribution in [1.82, 2.24) is 4.57 Å². The molecule has 1 heterocycles. The molecule has 0 saturated heterocycles. The molecule has 0 aliphatic heterocycles. The van der Waals surface area contributed by atoms with E-state index in [9.17, 15) is 0 Å². The Morgan fingerprint density at radius 1 is 0.719 bits per heavy atom. The number of allylic oxidation sites excluding steroid dienone is 1. The molecule has 0 spiro atoms. The Hall–Kier alpha value is -3.78. The summed E-state index contributed by atoms with van der Waals surface area (Å²) in [4.78, 5) is 0. The molecule has 0 saturated carbocycles. The van der Waals surface area contributed by atoms with E-state index in [0.717, 1.165) is 18.3 Å². The van der Waals surface area contributed by atoms with Gasteiger partial charge in [-0.25, -0.2) is 0 Å². The Morgan fingerprint density at radius 3 is 2.41 bits per heavy atom. The maximum Gasteiger partial charge on any atom is 0.113 e. The van der Waals surface area contributed by atoms with E-state index in [-0.39, 0.29) is 0 Å². The third-order valence-corrected chi connectivity index (χ3v) is 6.94. The molecule has 1 aliphatic carbocycles. The van der Waals surface area contributed by atoms with Crippen LogP contribution in [0.3, 0.4) is 0 Å². The lowest BCUT2D eigenvalue weighted by Crippen LogP contribution is -2.01. The smallest absolute Gasteiger partial charge is 0.113 e. The molecule has 5 aromatic carbocycles. The van der Waals surface area contributed by atoms with Gasteiger partial charge in [-0.1, -0.05) is 90.4 Å². The first kappa shape index (κ1) is 17.9. The van der Waals surface area contributed by atoms with Gasteiger partial charge in [-0.15, -0.1) is 0 Å². The van der Waals surface area contributed by atoms with Crippen LogP contribution in [0.4, 0.5) is 0 Å². The summed E-state index contributed by atoms with van der Waals surface area (Å²) in [6.45, 7) is 0. The lowest BCUT2D eigenvalue weighted by molar-refractivity contribution is 1.00. The van der Waals surface area contributed by atoms with E-state index in [1.165, 1.54) is 60.2 Å². The predicted molar refractivity (Wildman–Crippen MR) is 139 cm³/mol. The van der Waals surface area contributed by atoms with Gasteiger partial charge in [0.2, 0.25) is 0 Å². The fourth-order valence-electron chi connectivity index (χ4n) is 5.62. The molecular weight excluding hydrogens is 385 g/mol. The number of nitrogens with zero attached hydrogens (tertiary/aromatic N) is 1. The molecule has 0 fully saturated rings. The minimum absolute atomic E-state index is 0.808. The predicted octanol–water partition coefficient (Wildman–Crippen LogP) is 6.84. The van der Waals surface area contributed by atoms with E-state index < -0.39 is 0 Å². The molecule has 148 valence electrons. The monoisotopic (exact) mass is 405 g/mol.